The average Bonchev–Trinajstić information content (AvgIpc) is 3.09. The molecule has 3 rings (SSSR count). The first-order valence-electron chi connectivity index (χ1n) is 6.72. The summed E-state index contributed by atoms with van der Waals surface area (Å²) < 4.78 is 5.68. The summed E-state index contributed by atoms with van der Waals surface area (Å²) in [4.78, 5) is 5.89. The molecule has 0 spiro atoms. The van der Waals surface area contributed by atoms with Crippen LogP contribution in [0.5, 0.6) is 0 Å². The molecule has 19 heavy (non-hydrogen) atoms. The van der Waals surface area contributed by atoms with E-state index in [2.05, 4.69) is 29.2 Å². The Bertz CT molecular complexity index is 532. The quantitative estimate of drug-likeness (QED) is 0.932. The summed E-state index contributed by atoms with van der Waals surface area (Å²) in [5.74, 6) is 0. The number of ether oxygens (including phenoxy) is 1. The number of hydrogen-bond acceptors (Lipinski definition) is 4. The fourth-order valence-corrected chi connectivity index (χ4v) is 3.60. The molecule has 2 heterocycles. The minimum absolute atomic E-state index is 0.348. The van der Waals surface area contributed by atoms with Crippen molar-refractivity contribution in [1.29, 1.82) is 0 Å². The van der Waals surface area contributed by atoms with E-state index in [1.165, 1.54) is 16.9 Å². The number of rotatable bonds is 4. The molecule has 2 aromatic rings. The molecule has 4 heteroatoms. The highest BCUT2D eigenvalue weighted by Crippen LogP contribution is 2.31. The molecule has 1 aromatic carbocycles. The van der Waals surface area contributed by atoms with Crippen molar-refractivity contribution in [2.24, 2.45) is 5.73 Å². The zero-order valence-corrected chi connectivity index (χ0v) is 11.7. The number of thiazole rings is 1. The largest absolute Gasteiger partial charge is 0.378 e. The standard InChI is InChI=1S/C15H18N2OS/c16-10-13-15(11-5-2-1-3-6-11)19-14(17-13)9-12-7-4-8-18-12/h1-3,5-6,12H,4,7-10,16H2. The van der Waals surface area contributed by atoms with Gasteiger partial charge in [0.15, 0.2) is 0 Å². The minimum Gasteiger partial charge on any atom is -0.378 e. The third-order valence-corrected chi connectivity index (χ3v) is 4.57. The van der Waals surface area contributed by atoms with Gasteiger partial charge < -0.3 is 10.5 Å². The molecule has 1 fully saturated rings. The van der Waals surface area contributed by atoms with Gasteiger partial charge in [-0.3, -0.25) is 0 Å². The van der Waals surface area contributed by atoms with E-state index < -0.39 is 0 Å². The summed E-state index contributed by atoms with van der Waals surface area (Å²) in [6.45, 7) is 1.39. The molecule has 0 amide bonds. The SMILES string of the molecule is NCc1nc(CC2CCCO2)sc1-c1ccccc1. The van der Waals surface area contributed by atoms with Crippen molar-refractivity contribution in [3.63, 3.8) is 0 Å². The van der Waals surface area contributed by atoms with Crippen molar-refractivity contribution in [2.75, 3.05) is 6.61 Å². The van der Waals surface area contributed by atoms with Gasteiger partial charge in [-0.05, 0) is 18.4 Å². The number of aromatic nitrogens is 1. The van der Waals surface area contributed by atoms with Crippen LogP contribution < -0.4 is 5.73 Å². The number of nitrogens with two attached hydrogens (primary N) is 1. The molecule has 1 atom stereocenters. The molecule has 0 saturated carbocycles. The van der Waals surface area contributed by atoms with Crippen molar-refractivity contribution in [3.05, 3.63) is 41.0 Å². The molecule has 0 aliphatic carbocycles. The van der Waals surface area contributed by atoms with E-state index in [1.54, 1.807) is 11.3 Å². The second-order valence-electron chi connectivity index (χ2n) is 4.79. The molecule has 1 aliphatic heterocycles. The van der Waals surface area contributed by atoms with E-state index in [0.29, 0.717) is 12.6 Å². The van der Waals surface area contributed by atoms with Crippen LogP contribution in [0.2, 0.25) is 0 Å². The fraction of sp³-hybridized carbons (Fsp3) is 0.400. The Hall–Kier alpha value is -1.23. The normalized spacial score (nSPS) is 18.9. The highest BCUT2D eigenvalue weighted by Gasteiger charge is 2.19. The summed E-state index contributed by atoms with van der Waals surface area (Å²) >= 11 is 1.75. The van der Waals surface area contributed by atoms with E-state index in [1.807, 2.05) is 6.07 Å². The van der Waals surface area contributed by atoms with Gasteiger partial charge in [-0.15, -0.1) is 11.3 Å². The predicted octanol–water partition coefficient (Wildman–Crippen LogP) is 2.99. The summed E-state index contributed by atoms with van der Waals surface area (Å²) in [6, 6.07) is 10.4. The molecule has 2 N–H and O–H groups in total. The Labute approximate surface area is 117 Å². The highest BCUT2D eigenvalue weighted by molar-refractivity contribution is 7.15. The predicted molar refractivity (Wildman–Crippen MR) is 78.1 cm³/mol. The molecule has 100 valence electrons. The van der Waals surface area contributed by atoms with Crippen LogP contribution >= 0.6 is 11.3 Å². The Morgan fingerprint density at radius 1 is 1.32 bits per heavy atom. The smallest absolute Gasteiger partial charge is 0.0961 e. The van der Waals surface area contributed by atoms with Gasteiger partial charge in [-0.25, -0.2) is 4.98 Å². The lowest BCUT2D eigenvalue weighted by Gasteiger charge is -2.05. The molecular formula is C15H18N2OS. The number of benzene rings is 1. The maximum Gasteiger partial charge on any atom is 0.0961 e. The van der Waals surface area contributed by atoms with E-state index in [9.17, 15) is 0 Å². The molecule has 0 radical (unpaired) electrons. The Morgan fingerprint density at radius 3 is 2.84 bits per heavy atom. The maximum absolute atomic E-state index is 5.82. The minimum atomic E-state index is 0.348. The molecule has 1 aliphatic rings. The van der Waals surface area contributed by atoms with Gasteiger partial charge in [0.25, 0.3) is 0 Å². The van der Waals surface area contributed by atoms with Crippen molar-refractivity contribution < 1.29 is 4.74 Å². The highest BCUT2D eigenvalue weighted by atomic mass is 32.1. The van der Waals surface area contributed by atoms with Crippen LogP contribution in [-0.2, 0) is 17.7 Å². The summed E-state index contributed by atoms with van der Waals surface area (Å²) in [7, 11) is 0. The van der Waals surface area contributed by atoms with E-state index in [4.69, 9.17) is 10.5 Å². The van der Waals surface area contributed by atoms with Gasteiger partial charge in [-0.1, -0.05) is 30.3 Å². The average molecular weight is 274 g/mol. The monoisotopic (exact) mass is 274 g/mol. The second-order valence-corrected chi connectivity index (χ2v) is 5.88. The Morgan fingerprint density at radius 2 is 2.16 bits per heavy atom. The molecule has 1 aromatic heterocycles. The zero-order chi connectivity index (χ0) is 13.1. The number of nitrogens with zero attached hydrogens (tertiary/aromatic N) is 1. The van der Waals surface area contributed by atoms with Crippen LogP contribution in [0.3, 0.4) is 0 Å². The van der Waals surface area contributed by atoms with Crippen LogP contribution in [0.25, 0.3) is 10.4 Å². The Balaban J connectivity index is 1.85. The summed E-state index contributed by atoms with van der Waals surface area (Å²) in [5, 5.41) is 1.14. The van der Waals surface area contributed by atoms with Gasteiger partial charge in [0.05, 0.1) is 21.7 Å². The molecule has 1 saturated heterocycles. The topological polar surface area (TPSA) is 48.1 Å². The van der Waals surface area contributed by atoms with Crippen LogP contribution in [0.1, 0.15) is 23.5 Å². The third kappa shape index (κ3) is 2.86. The van der Waals surface area contributed by atoms with Gasteiger partial charge >= 0.3 is 0 Å². The lowest BCUT2D eigenvalue weighted by atomic mass is 10.1. The first kappa shape index (κ1) is 12.8. The van der Waals surface area contributed by atoms with E-state index >= 15 is 0 Å². The third-order valence-electron chi connectivity index (χ3n) is 3.40. The van der Waals surface area contributed by atoms with Crippen LogP contribution in [0, 0.1) is 0 Å². The lowest BCUT2D eigenvalue weighted by Crippen LogP contribution is -2.08. The molecule has 0 bridgehead atoms. The van der Waals surface area contributed by atoms with Gasteiger partial charge in [0, 0.05) is 19.6 Å². The van der Waals surface area contributed by atoms with Gasteiger partial charge in [0.2, 0.25) is 0 Å². The fourth-order valence-electron chi connectivity index (χ4n) is 2.44. The van der Waals surface area contributed by atoms with Crippen molar-refractivity contribution in [1.82, 2.24) is 4.98 Å². The molecule has 1 unspecified atom stereocenters. The Kier molecular flexibility index (Phi) is 3.92. The first-order chi connectivity index (χ1) is 9.36. The summed E-state index contributed by atoms with van der Waals surface area (Å²) in [6.07, 6.45) is 3.59. The summed E-state index contributed by atoms with van der Waals surface area (Å²) in [5.41, 5.74) is 8.03. The van der Waals surface area contributed by atoms with Crippen LogP contribution in [-0.4, -0.2) is 17.7 Å². The van der Waals surface area contributed by atoms with Crippen molar-refractivity contribution >= 4 is 11.3 Å². The van der Waals surface area contributed by atoms with Crippen molar-refractivity contribution in [2.45, 2.75) is 31.9 Å². The maximum atomic E-state index is 5.82. The van der Waals surface area contributed by atoms with Crippen LogP contribution in [0.4, 0.5) is 0 Å². The van der Waals surface area contributed by atoms with E-state index in [-0.39, 0.29) is 0 Å². The lowest BCUT2D eigenvalue weighted by molar-refractivity contribution is 0.111. The first-order valence-corrected chi connectivity index (χ1v) is 7.54. The van der Waals surface area contributed by atoms with Gasteiger partial charge in [-0.2, -0.15) is 0 Å². The second kappa shape index (κ2) is 5.82. The van der Waals surface area contributed by atoms with Crippen molar-refractivity contribution in [3.8, 4) is 10.4 Å². The van der Waals surface area contributed by atoms with Crippen LogP contribution in [0.15, 0.2) is 30.3 Å². The zero-order valence-electron chi connectivity index (χ0n) is 10.8. The molecule has 3 nitrogen and oxygen atoms in total. The van der Waals surface area contributed by atoms with Gasteiger partial charge in [0.1, 0.15) is 0 Å². The van der Waals surface area contributed by atoms with E-state index in [0.717, 1.165) is 30.2 Å². The number of hydrogen-bond donors (Lipinski definition) is 1. The molecular weight excluding hydrogens is 256 g/mol.